The molecule has 1 aromatic rings. The summed E-state index contributed by atoms with van der Waals surface area (Å²) < 4.78 is 2.08. The largest absolute Gasteiger partial charge is 0.314 e. The van der Waals surface area contributed by atoms with E-state index in [-0.39, 0.29) is 0 Å². The molecule has 3 nitrogen and oxygen atoms in total. The monoisotopic (exact) mass is 235 g/mol. The van der Waals surface area contributed by atoms with E-state index in [2.05, 4.69) is 48.3 Å². The summed E-state index contributed by atoms with van der Waals surface area (Å²) in [4.78, 5) is 0. The lowest BCUT2D eigenvalue weighted by atomic mass is 9.70. The fourth-order valence-corrected chi connectivity index (χ4v) is 2.56. The van der Waals surface area contributed by atoms with Crippen LogP contribution < -0.4 is 5.32 Å². The van der Waals surface area contributed by atoms with E-state index in [9.17, 15) is 0 Å². The minimum atomic E-state index is 0.596. The molecule has 0 saturated heterocycles. The van der Waals surface area contributed by atoms with Crippen molar-refractivity contribution in [1.29, 1.82) is 0 Å². The quantitative estimate of drug-likeness (QED) is 0.821. The number of aryl methyl sites for hydroxylation is 1. The second kappa shape index (κ2) is 5.67. The average Bonchev–Trinajstić information content (AvgIpc) is 2.65. The number of nitrogens with zero attached hydrogens (tertiary/aromatic N) is 2. The molecular weight excluding hydrogens is 210 g/mol. The summed E-state index contributed by atoms with van der Waals surface area (Å²) in [6.07, 6.45) is 8.17. The standard InChI is InChI=1S/C14H25N3/c1-4-7-17-10-13(9-16-17)14-6-5-12(14)8-15-11(2)3/h9-12,14-15H,4-8H2,1-3H3. The van der Waals surface area contributed by atoms with Crippen molar-refractivity contribution in [1.82, 2.24) is 15.1 Å². The Morgan fingerprint density at radius 3 is 2.88 bits per heavy atom. The Morgan fingerprint density at radius 1 is 1.47 bits per heavy atom. The van der Waals surface area contributed by atoms with Gasteiger partial charge in [-0.15, -0.1) is 0 Å². The van der Waals surface area contributed by atoms with Crippen molar-refractivity contribution < 1.29 is 0 Å². The summed E-state index contributed by atoms with van der Waals surface area (Å²) in [6.45, 7) is 8.82. The van der Waals surface area contributed by atoms with Gasteiger partial charge in [-0.25, -0.2) is 0 Å². The molecule has 2 unspecified atom stereocenters. The van der Waals surface area contributed by atoms with Gasteiger partial charge in [-0.05, 0) is 43.2 Å². The minimum Gasteiger partial charge on any atom is -0.314 e. The van der Waals surface area contributed by atoms with Crippen molar-refractivity contribution in [3.63, 3.8) is 0 Å². The molecule has 3 heteroatoms. The molecule has 17 heavy (non-hydrogen) atoms. The minimum absolute atomic E-state index is 0.596. The Morgan fingerprint density at radius 2 is 2.29 bits per heavy atom. The van der Waals surface area contributed by atoms with E-state index in [4.69, 9.17) is 0 Å². The Kier molecular flexibility index (Phi) is 4.21. The SMILES string of the molecule is CCCn1cc(C2CCC2CNC(C)C)cn1. The number of nitrogens with one attached hydrogen (secondary N) is 1. The van der Waals surface area contributed by atoms with Crippen molar-refractivity contribution in [2.45, 2.75) is 58.5 Å². The van der Waals surface area contributed by atoms with Gasteiger partial charge in [0.15, 0.2) is 0 Å². The third kappa shape index (κ3) is 3.09. The molecule has 0 radical (unpaired) electrons. The Hall–Kier alpha value is -0.830. The maximum Gasteiger partial charge on any atom is 0.0524 e. The van der Waals surface area contributed by atoms with Gasteiger partial charge in [0.1, 0.15) is 0 Å². The average molecular weight is 235 g/mol. The molecule has 0 spiro atoms. The highest BCUT2D eigenvalue weighted by molar-refractivity contribution is 5.16. The van der Waals surface area contributed by atoms with E-state index in [1.54, 1.807) is 0 Å². The summed E-state index contributed by atoms with van der Waals surface area (Å²) in [5.41, 5.74) is 1.44. The summed E-state index contributed by atoms with van der Waals surface area (Å²) in [5, 5.41) is 7.99. The van der Waals surface area contributed by atoms with Gasteiger partial charge in [-0.3, -0.25) is 4.68 Å². The van der Waals surface area contributed by atoms with Gasteiger partial charge in [-0.2, -0.15) is 5.10 Å². The molecule has 1 N–H and O–H groups in total. The fourth-order valence-electron chi connectivity index (χ4n) is 2.56. The van der Waals surface area contributed by atoms with E-state index in [0.717, 1.165) is 31.3 Å². The summed E-state index contributed by atoms with van der Waals surface area (Å²) in [6, 6.07) is 0.596. The van der Waals surface area contributed by atoms with Crippen molar-refractivity contribution in [2.24, 2.45) is 5.92 Å². The predicted molar refractivity (Wildman–Crippen MR) is 71.1 cm³/mol. The van der Waals surface area contributed by atoms with Crippen LogP contribution >= 0.6 is 0 Å². The van der Waals surface area contributed by atoms with Gasteiger partial charge in [-0.1, -0.05) is 20.8 Å². The molecular formula is C14H25N3. The fraction of sp³-hybridized carbons (Fsp3) is 0.786. The zero-order valence-corrected chi connectivity index (χ0v) is 11.3. The van der Waals surface area contributed by atoms with Crippen LogP contribution in [-0.2, 0) is 6.54 Å². The molecule has 0 aromatic carbocycles. The zero-order chi connectivity index (χ0) is 12.3. The van der Waals surface area contributed by atoms with Crippen molar-refractivity contribution in [2.75, 3.05) is 6.54 Å². The van der Waals surface area contributed by atoms with E-state index < -0.39 is 0 Å². The van der Waals surface area contributed by atoms with E-state index in [1.165, 1.54) is 18.4 Å². The second-order valence-electron chi connectivity index (χ2n) is 5.54. The van der Waals surface area contributed by atoms with Crippen LogP contribution in [0.15, 0.2) is 12.4 Å². The molecule has 0 aliphatic heterocycles. The Labute approximate surface area is 105 Å². The second-order valence-corrected chi connectivity index (χ2v) is 5.54. The lowest BCUT2D eigenvalue weighted by molar-refractivity contribution is 0.240. The number of hydrogen-bond acceptors (Lipinski definition) is 2. The molecule has 0 bridgehead atoms. The maximum absolute atomic E-state index is 4.43. The lowest BCUT2D eigenvalue weighted by Gasteiger charge is -2.36. The normalized spacial score (nSPS) is 24.0. The third-order valence-corrected chi connectivity index (χ3v) is 3.74. The molecule has 2 atom stereocenters. The molecule has 0 amide bonds. The molecule has 1 fully saturated rings. The van der Waals surface area contributed by atoms with Gasteiger partial charge in [0, 0.05) is 18.8 Å². The first-order valence-corrected chi connectivity index (χ1v) is 6.96. The van der Waals surface area contributed by atoms with Crippen molar-refractivity contribution in [3.8, 4) is 0 Å². The number of hydrogen-bond donors (Lipinski definition) is 1. The van der Waals surface area contributed by atoms with Crippen LogP contribution in [0.3, 0.4) is 0 Å². The Balaban J connectivity index is 1.88. The van der Waals surface area contributed by atoms with Crippen LogP contribution in [0.1, 0.15) is 51.5 Å². The van der Waals surface area contributed by atoms with Crippen LogP contribution in [-0.4, -0.2) is 22.4 Å². The first kappa shape index (κ1) is 12.6. The van der Waals surface area contributed by atoms with Crippen molar-refractivity contribution in [3.05, 3.63) is 18.0 Å². The van der Waals surface area contributed by atoms with Crippen LogP contribution in [0.25, 0.3) is 0 Å². The van der Waals surface area contributed by atoms with Crippen molar-refractivity contribution >= 4 is 0 Å². The van der Waals surface area contributed by atoms with Crippen LogP contribution in [0, 0.1) is 5.92 Å². The molecule has 1 saturated carbocycles. The highest BCUT2D eigenvalue weighted by Crippen LogP contribution is 2.41. The van der Waals surface area contributed by atoms with Crippen LogP contribution in [0.4, 0.5) is 0 Å². The van der Waals surface area contributed by atoms with Gasteiger partial charge >= 0.3 is 0 Å². The van der Waals surface area contributed by atoms with Gasteiger partial charge < -0.3 is 5.32 Å². The lowest BCUT2D eigenvalue weighted by Crippen LogP contribution is -2.36. The zero-order valence-electron chi connectivity index (χ0n) is 11.3. The molecule has 1 aliphatic rings. The number of rotatable bonds is 6. The Bertz CT molecular complexity index is 343. The highest BCUT2D eigenvalue weighted by atomic mass is 15.3. The van der Waals surface area contributed by atoms with Crippen LogP contribution in [0.5, 0.6) is 0 Å². The molecule has 1 aliphatic carbocycles. The molecule has 96 valence electrons. The topological polar surface area (TPSA) is 29.9 Å². The van der Waals surface area contributed by atoms with E-state index in [1.807, 2.05) is 0 Å². The number of aromatic nitrogens is 2. The van der Waals surface area contributed by atoms with Gasteiger partial charge in [0.2, 0.25) is 0 Å². The first-order valence-electron chi connectivity index (χ1n) is 6.96. The van der Waals surface area contributed by atoms with Crippen LogP contribution in [0.2, 0.25) is 0 Å². The van der Waals surface area contributed by atoms with E-state index in [0.29, 0.717) is 6.04 Å². The smallest absolute Gasteiger partial charge is 0.0524 e. The van der Waals surface area contributed by atoms with E-state index >= 15 is 0 Å². The van der Waals surface area contributed by atoms with Gasteiger partial charge in [0.25, 0.3) is 0 Å². The third-order valence-electron chi connectivity index (χ3n) is 3.74. The summed E-state index contributed by atoms with van der Waals surface area (Å²) in [7, 11) is 0. The molecule has 1 heterocycles. The molecule has 2 rings (SSSR count). The maximum atomic E-state index is 4.43. The summed E-state index contributed by atoms with van der Waals surface area (Å²) in [5.74, 6) is 1.56. The first-order chi connectivity index (χ1) is 8.20. The molecule has 1 aromatic heterocycles. The summed E-state index contributed by atoms with van der Waals surface area (Å²) >= 11 is 0. The van der Waals surface area contributed by atoms with Gasteiger partial charge in [0.05, 0.1) is 6.20 Å². The highest BCUT2D eigenvalue weighted by Gasteiger charge is 2.32. The predicted octanol–water partition coefficient (Wildman–Crippen LogP) is 2.78.